The van der Waals surface area contributed by atoms with E-state index in [9.17, 15) is 14.7 Å². The predicted molar refractivity (Wildman–Crippen MR) is 131 cm³/mol. The van der Waals surface area contributed by atoms with Crippen LogP contribution in [0.5, 0.6) is 5.75 Å². The van der Waals surface area contributed by atoms with Crippen molar-refractivity contribution in [2.45, 2.75) is 52.4 Å². The van der Waals surface area contributed by atoms with Gasteiger partial charge in [-0.05, 0) is 54.7 Å². The van der Waals surface area contributed by atoms with Crippen molar-refractivity contribution in [1.29, 1.82) is 0 Å². The molecule has 0 saturated heterocycles. The highest BCUT2D eigenvalue weighted by Crippen LogP contribution is 2.39. The molecule has 3 N–H and O–H groups in total. The van der Waals surface area contributed by atoms with Crippen molar-refractivity contribution < 1.29 is 19.4 Å². The lowest BCUT2D eigenvalue weighted by Gasteiger charge is -2.20. The minimum Gasteiger partial charge on any atom is -0.496 e. The van der Waals surface area contributed by atoms with Crippen molar-refractivity contribution in [1.82, 2.24) is 10.3 Å². The molecule has 0 aliphatic heterocycles. The van der Waals surface area contributed by atoms with Gasteiger partial charge >= 0.3 is 5.97 Å². The predicted octanol–water partition coefficient (Wildman–Crippen LogP) is 5.51. The maximum Gasteiger partial charge on any atom is 0.335 e. The van der Waals surface area contributed by atoms with Crippen molar-refractivity contribution in [3.05, 3.63) is 64.8 Å². The average molecular weight is 451 g/mol. The van der Waals surface area contributed by atoms with Gasteiger partial charge in [-0.3, -0.25) is 4.79 Å². The van der Waals surface area contributed by atoms with E-state index in [1.165, 1.54) is 0 Å². The number of aromatic amines is 1. The SMILES string of the molecule is CCCNC(=O)C(C)Cc1ccc2[nH]cc(C(CCC)c3ccc(C(=O)O)cc3OC)c2c1. The molecule has 6 nitrogen and oxygen atoms in total. The van der Waals surface area contributed by atoms with E-state index >= 15 is 0 Å². The molecule has 1 aromatic heterocycles. The van der Waals surface area contributed by atoms with Crippen molar-refractivity contribution in [2.24, 2.45) is 5.92 Å². The molecule has 0 aliphatic rings. The van der Waals surface area contributed by atoms with Gasteiger partial charge in [-0.15, -0.1) is 0 Å². The van der Waals surface area contributed by atoms with Crippen LogP contribution >= 0.6 is 0 Å². The smallest absolute Gasteiger partial charge is 0.335 e. The van der Waals surface area contributed by atoms with Gasteiger partial charge in [0.05, 0.1) is 12.7 Å². The van der Waals surface area contributed by atoms with Crippen LogP contribution in [0.4, 0.5) is 0 Å². The first-order chi connectivity index (χ1) is 15.9. The van der Waals surface area contributed by atoms with Crippen LogP contribution in [0.3, 0.4) is 0 Å². The molecular weight excluding hydrogens is 416 g/mol. The highest BCUT2D eigenvalue weighted by Gasteiger charge is 2.22. The second-order valence-corrected chi connectivity index (χ2v) is 8.62. The third-order valence-electron chi connectivity index (χ3n) is 6.13. The minimum atomic E-state index is -0.972. The van der Waals surface area contributed by atoms with E-state index in [-0.39, 0.29) is 23.3 Å². The van der Waals surface area contributed by atoms with Gasteiger partial charge in [-0.2, -0.15) is 0 Å². The molecule has 3 rings (SSSR count). The number of amides is 1. The fourth-order valence-corrected chi connectivity index (χ4v) is 4.37. The number of carbonyl (C=O) groups is 2. The van der Waals surface area contributed by atoms with E-state index in [1.807, 2.05) is 26.1 Å². The van der Waals surface area contributed by atoms with Gasteiger partial charge in [0.2, 0.25) is 5.91 Å². The number of carbonyl (C=O) groups excluding carboxylic acids is 1. The molecule has 1 heterocycles. The van der Waals surface area contributed by atoms with Crippen LogP contribution in [0.15, 0.2) is 42.6 Å². The molecule has 6 heteroatoms. The number of aromatic nitrogens is 1. The average Bonchev–Trinajstić information content (AvgIpc) is 3.23. The summed E-state index contributed by atoms with van der Waals surface area (Å²) < 4.78 is 5.59. The van der Waals surface area contributed by atoms with Gasteiger partial charge in [0.25, 0.3) is 0 Å². The molecule has 0 fully saturated rings. The Kier molecular flexibility index (Phi) is 8.15. The standard InChI is InChI=1S/C27H34N2O4/c1-5-7-20(21-10-9-19(27(31)32)15-25(21)33-4)23-16-29-24-11-8-18(14-22(23)24)13-17(3)26(30)28-12-6-2/h8-11,14-17,20,29H,5-7,12-13H2,1-4H3,(H,28,30)(H,31,32). The number of carboxylic acid groups (broad SMARTS) is 1. The Morgan fingerprint density at radius 2 is 1.88 bits per heavy atom. The van der Waals surface area contributed by atoms with Crippen LogP contribution in [0.2, 0.25) is 0 Å². The first kappa shape index (κ1) is 24.4. The Morgan fingerprint density at radius 3 is 2.55 bits per heavy atom. The van der Waals surface area contributed by atoms with E-state index in [0.717, 1.165) is 46.9 Å². The molecule has 176 valence electrons. The fourth-order valence-electron chi connectivity index (χ4n) is 4.37. The number of benzene rings is 2. The highest BCUT2D eigenvalue weighted by molar-refractivity contribution is 5.89. The van der Waals surface area contributed by atoms with E-state index < -0.39 is 5.97 Å². The van der Waals surface area contributed by atoms with Crippen molar-refractivity contribution in [3.8, 4) is 5.75 Å². The summed E-state index contributed by atoms with van der Waals surface area (Å²) in [6, 6.07) is 11.4. The summed E-state index contributed by atoms with van der Waals surface area (Å²) in [6.45, 7) is 6.85. The molecule has 0 saturated carbocycles. The fraction of sp³-hybridized carbons (Fsp3) is 0.407. The second kappa shape index (κ2) is 11.0. The maximum atomic E-state index is 12.3. The van der Waals surface area contributed by atoms with Crippen LogP contribution in [0.25, 0.3) is 10.9 Å². The number of aromatic carboxylic acids is 1. The molecule has 0 bridgehead atoms. The first-order valence-electron chi connectivity index (χ1n) is 11.7. The number of hydrogen-bond acceptors (Lipinski definition) is 3. The molecule has 0 aliphatic carbocycles. The third kappa shape index (κ3) is 5.56. The summed E-state index contributed by atoms with van der Waals surface area (Å²) in [5.74, 6) is -0.354. The molecule has 1 amide bonds. The molecule has 33 heavy (non-hydrogen) atoms. The first-order valence-corrected chi connectivity index (χ1v) is 11.7. The Labute approximate surface area is 195 Å². The molecule has 2 atom stereocenters. The molecular formula is C27H34N2O4. The Morgan fingerprint density at radius 1 is 1.09 bits per heavy atom. The normalized spacial score (nSPS) is 13.0. The number of hydrogen-bond donors (Lipinski definition) is 3. The van der Waals surface area contributed by atoms with Crippen LogP contribution in [-0.2, 0) is 11.2 Å². The maximum absolute atomic E-state index is 12.3. The van der Waals surface area contributed by atoms with Crippen molar-refractivity contribution in [3.63, 3.8) is 0 Å². The molecule has 2 aromatic carbocycles. The van der Waals surface area contributed by atoms with Crippen LogP contribution in [0, 0.1) is 5.92 Å². The lowest BCUT2D eigenvalue weighted by Crippen LogP contribution is -2.30. The lowest BCUT2D eigenvalue weighted by atomic mass is 9.86. The van der Waals surface area contributed by atoms with Crippen LogP contribution in [0.1, 0.15) is 73.0 Å². The summed E-state index contributed by atoms with van der Waals surface area (Å²) in [5, 5.41) is 13.5. The van der Waals surface area contributed by atoms with Crippen LogP contribution in [-0.4, -0.2) is 35.6 Å². The number of methoxy groups -OCH3 is 1. The van der Waals surface area contributed by atoms with Crippen LogP contribution < -0.4 is 10.1 Å². The largest absolute Gasteiger partial charge is 0.496 e. The summed E-state index contributed by atoms with van der Waals surface area (Å²) >= 11 is 0. The number of fused-ring (bicyclic) bond motifs is 1. The number of H-pyrrole nitrogens is 1. The lowest BCUT2D eigenvalue weighted by molar-refractivity contribution is -0.124. The number of ether oxygens (including phenoxy) is 1. The topological polar surface area (TPSA) is 91.4 Å². The molecule has 2 unspecified atom stereocenters. The van der Waals surface area contributed by atoms with Gasteiger partial charge < -0.3 is 20.1 Å². The van der Waals surface area contributed by atoms with E-state index in [4.69, 9.17) is 4.74 Å². The Hall–Kier alpha value is -3.28. The van der Waals surface area contributed by atoms with E-state index in [0.29, 0.717) is 18.7 Å². The number of carboxylic acids is 1. The van der Waals surface area contributed by atoms with Gasteiger partial charge in [0.15, 0.2) is 0 Å². The van der Waals surface area contributed by atoms with E-state index in [1.54, 1.807) is 19.2 Å². The Bertz CT molecular complexity index is 1120. The summed E-state index contributed by atoms with van der Waals surface area (Å²) in [4.78, 5) is 27.1. The number of rotatable bonds is 11. The van der Waals surface area contributed by atoms with Gasteiger partial charge in [0.1, 0.15) is 5.75 Å². The monoisotopic (exact) mass is 450 g/mol. The third-order valence-corrected chi connectivity index (χ3v) is 6.13. The highest BCUT2D eigenvalue weighted by atomic mass is 16.5. The second-order valence-electron chi connectivity index (χ2n) is 8.62. The molecule has 0 radical (unpaired) electrons. The zero-order chi connectivity index (χ0) is 24.0. The Balaban J connectivity index is 1.98. The summed E-state index contributed by atoms with van der Waals surface area (Å²) in [6.07, 6.45) is 5.50. The van der Waals surface area contributed by atoms with Crippen molar-refractivity contribution in [2.75, 3.05) is 13.7 Å². The minimum absolute atomic E-state index is 0.0575. The quantitative estimate of drug-likeness (QED) is 0.359. The van der Waals surface area contributed by atoms with Gasteiger partial charge in [-0.25, -0.2) is 4.79 Å². The van der Waals surface area contributed by atoms with Crippen molar-refractivity contribution >= 4 is 22.8 Å². The summed E-state index contributed by atoms with van der Waals surface area (Å²) in [5.41, 5.74) is 4.49. The summed E-state index contributed by atoms with van der Waals surface area (Å²) in [7, 11) is 1.58. The molecule has 0 spiro atoms. The van der Waals surface area contributed by atoms with Gasteiger partial charge in [-0.1, -0.05) is 39.3 Å². The zero-order valence-corrected chi connectivity index (χ0v) is 19.9. The molecule has 3 aromatic rings. The van der Waals surface area contributed by atoms with Gasteiger partial charge in [0, 0.05) is 41.0 Å². The number of nitrogens with one attached hydrogen (secondary N) is 2. The van der Waals surface area contributed by atoms with E-state index in [2.05, 4.69) is 35.4 Å². The zero-order valence-electron chi connectivity index (χ0n) is 19.9.